The summed E-state index contributed by atoms with van der Waals surface area (Å²) in [5.74, 6) is -0.514. The predicted octanol–water partition coefficient (Wildman–Crippen LogP) is 4.53. The van der Waals surface area contributed by atoms with Crippen LogP contribution in [0.4, 0.5) is 4.39 Å². The van der Waals surface area contributed by atoms with E-state index < -0.39 is 0 Å². The average molecular weight is 461 g/mol. The minimum Gasteiger partial charge on any atom is -0.355 e. The molecule has 1 heterocycles. The smallest absolute Gasteiger partial charge is 0.253 e. The lowest BCUT2D eigenvalue weighted by Crippen LogP contribution is -2.45. The molecule has 1 saturated heterocycles. The molecule has 6 heteroatoms. The molecular formula is C23H26BrFN2O2. The summed E-state index contributed by atoms with van der Waals surface area (Å²) in [7, 11) is 0. The van der Waals surface area contributed by atoms with Crippen LogP contribution in [0.25, 0.3) is 0 Å². The average Bonchev–Trinajstić information content (AvgIpc) is 2.72. The van der Waals surface area contributed by atoms with E-state index in [9.17, 15) is 14.0 Å². The molecule has 0 radical (unpaired) electrons. The third-order valence-electron chi connectivity index (χ3n) is 5.57. The Morgan fingerprint density at radius 3 is 2.24 bits per heavy atom. The lowest BCUT2D eigenvalue weighted by molar-refractivity contribution is -0.126. The van der Waals surface area contributed by atoms with E-state index in [0.717, 1.165) is 4.47 Å². The third-order valence-corrected chi connectivity index (χ3v) is 6.10. The van der Waals surface area contributed by atoms with Crippen molar-refractivity contribution in [2.45, 2.75) is 32.1 Å². The zero-order chi connectivity index (χ0) is 21.0. The first kappa shape index (κ1) is 21.5. The van der Waals surface area contributed by atoms with Crippen molar-refractivity contribution in [2.24, 2.45) is 5.92 Å². The zero-order valence-corrected chi connectivity index (χ0v) is 18.3. The van der Waals surface area contributed by atoms with Crippen molar-refractivity contribution in [1.29, 1.82) is 0 Å². The number of nitrogens with one attached hydrogen (secondary N) is 1. The Morgan fingerprint density at radius 1 is 1.07 bits per heavy atom. The number of hydrogen-bond acceptors (Lipinski definition) is 2. The molecule has 154 valence electrons. The number of amides is 2. The summed E-state index contributed by atoms with van der Waals surface area (Å²) in [6.07, 6.45) is 1.27. The first-order valence-corrected chi connectivity index (χ1v) is 10.6. The van der Waals surface area contributed by atoms with Crippen LogP contribution in [-0.2, 0) is 10.2 Å². The maximum absolute atomic E-state index is 13.0. The zero-order valence-electron chi connectivity index (χ0n) is 16.8. The maximum atomic E-state index is 13.0. The van der Waals surface area contributed by atoms with E-state index >= 15 is 0 Å². The lowest BCUT2D eigenvalue weighted by Gasteiger charge is -2.32. The highest BCUT2D eigenvalue weighted by atomic mass is 79.9. The molecule has 1 aliphatic rings. The van der Waals surface area contributed by atoms with Crippen LogP contribution in [0.5, 0.6) is 0 Å². The van der Waals surface area contributed by atoms with E-state index in [1.807, 2.05) is 12.1 Å². The van der Waals surface area contributed by atoms with Gasteiger partial charge in [0.1, 0.15) is 5.82 Å². The molecule has 29 heavy (non-hydrogen) atoms. The van der Waals surface area contributed by atoms with Gasteiger partial charge in [-0.1, -0.05) is 41.9 Å². The largest absolute Gasteiger partial charge is 0.355 e. The van der Waals surface area contributed by atoms with Gasteiger partial charge in [0.2, 0.25) is 5.91 Å². The number of carbonyl (C=O) groups excluding carboxylic acids is 2. The van der Waals surface area contributed by atoms with E-state index in [1.165, 1.54) is 29.8 Å². The Kier molecular flexibility index (Phi) is 6.73. The van der Waals surface area contributed by atoms with Gasteiger partial charge in [-0.2, -0.15) is 0 Å². The molecule has 1 N–H and O–H groups in total. The number of likely N-dealkylation sites (tertiary alicyclic amines) is 1. The number of benzene rings is 2. The number of nitrogens with zero attached hydrogens (tertiary/aromatic N) is 1. The molecule has 3 rings (SSSR count). The van der Waals surface area contributed by atoms with Crippen LogP contribution in [0.1, 0.15) is 42.6 Å². The first-order chi connectivity index (χ1) is 13.8. The van der Waals surface area contributed by atoms with Crippen LogP contribution < -0.4 is 5.32 Å². The topological polar surface area (TPSA) is 49.4 Å². The van der Waals surface area contributed by atoms with Crippen molar-refractivity contribution in [1.82, 2.24) is 10.2 Å². The van der Waals surface area contributed by atoms with Gasteiger partial charge < -0.3 is 10.2 Å². The Labute approximate surface area is 179 Å². The minimum atomic E-state index is -0.358. The van der Waals surface area contributed by atoms with Crippen LogP contribution >= 0.6 is 15.9 Å². The fourth-order valence-corrected chi connectivity index (χ4v) is 3.84. The second-order valence-corrected chi connectivity index (χ2v) is 9.10. The normalized spacial score (nSPS) is 15.2. The van der Waals surface area contributed by atoms with Crippen LogP contribution in [-0.4, -0.2) is 36.3 Å². The summed E-state index contributed by atoms with van der Waals surface area (Å²) in [6, 6.07) is 13.7. The summed E-state index contributed by atoms with van der Waals surface area (Å²) in [6.45, 7) is 5.85. The van der Waals surface area contributed by atoms with Gasteiger partial charge in [-0.25, -0.2) is 4.39 Å². The Balaban J connectivity index is 1.50. The molecule has 0 bridgehead atoms. The van der Waals surface area contributed by atoms with Gasteiger partial charge in [-0.15, -0.1) is 0 Å². The van der Waals surface area contributed by atoms with Crippen molar-refractivity contribution in [3.05, 3.63) is 69.9 Å². The molecule has 4 nitrogen and oxygen atoms in total. The summed E-state index contributed by atoms with van der Waals surface area (Å²) in [4.78, 5) is 26.9. The molecule has 2 aromatic rings. The number of piperidine rings is 1. The van der Waals surface area contributed by atoms with Gasteiger partial charge >= 0.3 is 0 Å². The summed E-state index contributed by atoms with van der Waals surface area (Å²) < 4.78 is 14.1. The Morgan fingerprint density at radius 2 is 1.66 bits per heavy atom. The molecule has 1 fully saturated rings. The van der Waals surface area contributed by atoms with Gasteiger partial charge in [0, 0.05) is 41.0 Å². The number of carbonyl (C=O) groups is 2. The molecule has 1 aliphatic heterocycles. The van der Waals surface area contributed by atoms with Crippen molar-refractivity contribution >= 4 is 27.7 Å². The number of rotatable bonds is 5. The molecule has 0 spiro atoms. The van der Waals surface area contributed by atoms with Gasteiger partial charge in [0.05, 0.1) is 0 Å². The highest BCUT2D eigenvalue weighted by Gasteiger charge is 2.29. The predicted molar refractivity (Wildman–Crippen MR) is 115 cm³/mol. The molecule has 0 saturated carbocycles. The van der Waals surface area contributed by atoms with Crippen molar-refractivity contribution < 1.29 is 14.0 Å². The van der Waals surface area contributed by atoms with Crippen molar-refractivity contribution in [3.63, 3.8) is 0 Å². The third kappa shape index (κ3) is 5.44. The SMILES string of the molecule is CC(C)(CNC(=O)C1CCN(C(=O)c2ccc(F)cc2)CC1)c1ccc(Br)cc1. The van der Waals surface area contributed by atoms with Crippen LogP contribution in [0.2, 0.25) is 0 Å². The standard InChI is InChI=1S/C23H26BrFN2O2/c1-23(2,18-5-7-19(24)8-6-18)15-26-21(28)16-11-13-27(14-12-16)22(29)17-3-9-20(25)10-4-17/h3-10,16H,11-15H2,1-2H3,(H,26,28). The van der Waals surface area contributed by atoms with Crippen LogP contribution in [0.15, 0.2) is 53.0 Å². The Bertz CT molecular complexity index is 857. The molecule has 0 aliphatic carbocycles. The second-order valence-electron chi connectivity index (χ2n) is 8.18. The molecule has 0 atom stereocenters. The fourth-order valence-electron chi connectivity index (χ4n) is 3.58. The molecular weight excluding hydrogens is 435 g/mol. The van der Waals surface area contributed by atoms with Gasteiger partial charge in [-0.05, 0) is 54.8 Å². The van der Waals surface area contributed by atoms with E-state index in [1.54, 1.807) is 4.90 Å². The molecule has 2 amide bonds. The monoisotopic (exact) mass is 460 g/mol. The van der Waals surface area contributed by atoms with E-state index in [4.69, 9.17) is 0 Å². The van der Waals surface area contributed by atoms with Crippen LogP contribution in [0, 0.1) is 11.7 Å². The molecule has 0 unspecified atom stereocenters. The van der Waals surface area contributed by atoms with E-state index in [-0.39, 0.29) is 29.0 Å². The van der Waals surface area contributed by atoms with Crippen LogP contribution in [0.3, 0.4) is 0 Å². The highest BCUT2D eigenvalue weighted by Crippen LogP contribution is 2.25. The highest BCUT2D eigenvalue weighted by molar-refractivity contribution is 9.10. The molecule has 0 aromatic heterocycles. The fraction of sp³-hybridized carbons (Fsp3) is 0.391. The summed E-state index contributed by atoms with van der Waals surface area (Å²) in [5.41, 5.74) is 1.47. The van der Waals surface area contributed by atoms with E-state index in [2.05, 4.69) is 47.2 Å². The lowest BCUT2D eigenvalue weighted by atomic mass is 9.84. The number of halogens is 2. The quantitative estimate of drug-likeness (QED) is 0.711. The second kappa shape index (κ2) is 9.08. The number of hydrogen-bond donors (Lipinski definition) is 1. The Hall–Kier alpha value is -2.21. The van der Waals surface area contributed by atoms with Crippen molar-refractivity contribution in [2.75, 3.05) is 19.6 Å². The van der Waals surface area contributed by atoms with Gasteiger partial charge in [0.25, 0.3) is 5.91 Å². The van der Waals surface area contributed by atoms with Gasteiger partial charge in [0.15, 0.2) is 0 Å². The maximum Gasteiger partial charge on any atom is 0.253 e. The first-order valence-electron chi connectivity index (χ1n) is 9.85. The minimum absolute atomic E-state index is 0.0454. The van der Waals surface area contributed by atoms with Gasteiger partial charge in [-0.3, -0.25) is 9.59 Å². The van der Waals surface area contributed by atoms with Crippen molar-refractivity contribution in [3.8, 4) is 0 Å². The molecule has 2 aromatic carbocycles. The summed E-state index contributed by atoms with van der Waals surface area (Å²) >= 11 is 3.45. The van der Waals surface area contributed by atoms with E-state index in [0.29, 0.717) is 38.0 Å². The summed E-state index contributed by atoms with van der Waals surface area (Å²) in [5, 5.41) is 3.09.